The molecule has 0 spiro atoms. The number of allylic oxidation sites excluding steroid dienone is 2. The third-order valence-corrected chi connectivity index (χ3v) is 3.42. The van der Waals surface area contributed by atoms with Gasteiger partial charge < -0.3 is 9.84 Å². The minimum atomic E-state index is -0.365. The molecule has 0 atom stereocenters. The van der Waals surface area contributed by atoms with Gasteiger partial charge in [0.25, 0.3) is 0 Å². The Morgan fingerprint density at radius 2 is 1.76 bits per heavy atom. The first-order chi connectivity index (χ1) is 10.1. The topological polar surface area (TPSA) is 63.6 Å². The summed E-state index contributed by atoms with van der Waals surface area (Å²) in [5.74, 6) is -0.596. The third-order valence-electron chi connectivity index (χ3n) is 3.42. The van der Waals surface area contributed by atoms with E-state index in [1.54, 1.807) is 24.3 Å². The average molecular weight is 280 g/mol. The molecule has 0 heterocycles. The fourth-order valence-electron chi connectivity index (χ4n) is 2.39. The molecule has 4 heteroatoms. The minimum absolute atomic E-state index is 0.0298. The van der Waals surface area contributed by atoms with Gasteiger partial charge in [-0.05, 0) is 17.7 Å². The standard InChI is InChI=1S/C17H12O4/c1-21-11-7-13-14(18)9-12(10-5-3-2-4-6-10)17(20)16(13)15(19)8-11/h2-9,19H,1H3. The number of hydrogen-bond donors (Lipinski definition) is 1. The summed E-state index contributed by atoms with van der Waals surface area (Å²) in [4.78, 5) is 24.8. The van der Waals surface area contributed by atoms with Crippen molar-refractivity contribution in [3.63, 3.8) is 0 Å². The van der Waals surface area contributed by atoms with Gasteiger partial charge in [-0.15, -0.1) is 0 Å². The number of Topliss-reactive ketones (excluding diaryl/α,β-unsaturated/α-hetero) is 1. The van der Waals surface area contributed by atoms with Gasteiger partial charge in [0, 0.05) is 17.2 Å². The molecule has 2 aromatic rings. The number of phenolic OH excluding ortho intramolecular Hbond substituents is 1. The van der Waals surface area contributed by atoms with Crippen LogP contribution in [0.25, 0.3) is 5.57 Å². The van der Waals surface area contributed by atoms with E-state index in [2.05, 4.69) is 0 Å². The first kappa shape index (κ1) is 13.1. The summed E-state index contributed by atoms with van der Waals surface area (Å²) >= 11 is 0. The molecule has 1 aliphatic rings. The fourth-order valence-corrected chi connectivity index (χ4v) is 2.39. The first-order valence-electron chi connectivity index (χ1n) is 6.39. The van der Waals surface area contributed by atoms with E-state index in [0.717, 1.165) is 0 Å². The van der Waals surface area contributed by atoms with Crippen LogP contribution in [0.2, 0.25) is 0 Å². The van der Waals surface area contributed by atoms with Crippen LogP contribution < -0.4 is 4.74 Å². The summed E-state index contributed by atoms with van der Waals surface area (Å²) in [5, 5.41) is 10.0. The van der Waals surface area contributed by atoms with Crippen LogP contribution in [0.3, 0.4) is 0 Å². The second kappa shape index (κ2) is 4.90. The number of benzene rings is 2. The molecule has 0 radical (unpaired) electrons. The monoisotopic (exact) mass is 280 g/mol. The molecular weight excluding hydrogens is 268 g/mol. The van der Waals surface area contributed by atoms with E-state index in [1.807, 2.05) is 6.07 Å². The van der Waals surface area contributed by atoms with Crippen LogP contribution in [0, 0.1) is 0 Å². The summed E-state index contributed by atoms with van der Waals surface area (Å²) in [6.07, 6.45) is 1.30. The van der Waals surface area contributed by atoms with Gasteiger partial charge in [0.2, 0.25) is 0 Å². The SMILES string of the molecule is COc1cc(O)c2c(c1)C(=O)C=C(c1ccccc1)C2=O. The Hall–Kier alpha value is -2.88. The lowest BCUT2D eigenvalue weighted by atomic mass is 9.85. The van der Waals surface area contributed by atoms with Gasteiger partial charge in [0.05, 0.1) is 12.7 Å². The van der Waals surface area contributed by atoms with Crippen molar-refractivity contribution >= 4 is 17.1 Å². The van der Waals surface area contributed by atoms with E-state index >= 15 is 0 Å². The van der Waals surface area contributed by atoms with Crippen molar-refractivity contribution in [2.45, 2.75) is 0 Å². The Labute approximate surface area is 121 Å². The van der Waals surface area contributed by atoms with Gasteiger partial charge in [-0.1, -0.05) is 30.3 Å². The second-order valence-corrected chi connectivity index (χ2v) is 4.69. The summed E-state index contributed by atoms with van der Waals surface area (Å²) < 4.78 is 5.01. The zero-order valence-electron chi connectivity index (χ0n) is 11.3. The highest BCUT2D eigenvalue weighted by molar-refractivity contribution is 6.39. The Morgan fingerprint density at radius 3 is 2.43 bits per heavy atom. The van der Waals surface area contributed by atoms with Crippen molar-refractivity contribution in [3.8, 4) is 11.5 Å². The number of ketones is 2. The summed E-state index contributed by atoms with van der Waals surface area (Å²) in [5.41, 5.74) is 1.13. The van der Waals surface area contributed by atoms with E-state index in [-0.39, 0.29) is 34.0 Å². The predicted octanol–water partition coefficient (Wildman–Crippen LogP) is 2.86. The minimum Gasteiger partial charge on any atom is -0.507 e. The lowest BCUT2D eigenvalue weighted by molar-refractivity contribution is 0.0999. The molecular formula is C17H12O4. The van der Waals surface area contributed by atoms with Gasteiger partial charge in [-0.3, -0.25) is 9.59 Å². The molecule has 0 aliphatic heterocycles. The largest absolute Gasteiger partial charge is 0.507 e. The van der Waals surface area contributed by atoms with Gasteiger partial charge in [-0.2, -0.15) is 0 Å². The quantitative estimate of drug-likeness (QED) is 0.918. The highest BCUT2D eigenvalue weighted by atomic mass is 16.5. The Kier molecular flexibility index (Phi) is 3.06. The molecule has 0 fully saturated rings. The van der Waals surface area contributed by atoms with E-state index in [0.29, 0.717) is 11.3 Å². The number of ether oxygens (including phenoxy) is 1. The number of carbonyl (C=O) groups excluding carboxylic acids is 2. The molecule has 0 bridgehead atoms. The van der Waals surface area contributed by atoms with E-state index < -0.39 is 0 Å². The van der Waals surface area contributed by atoms with Crippen LogP contribution in [0.1, 0.15) is 26.3 Å². The lowest BCUT2D eigenvalue weighted by Gasteiger charge is -2.17. The molecule has 0 saturated carbocycles. The molecule has 0 unspecified atom stereocenters. The van der Waals surface area contributed by atoms with Crippen molar-refractivity contribution in [2.24, 2.45) is 0 Å². The molecule has 1 N–H and O–H groups in total. The Bertz CT molecular complexity index is 773. The summed E-state index contributed by atoms with van der Waals surface area (Å²) in [7, 11) is 1.43. The van der Waals surface area contributed by atoms with Crippen LogP contribution in [0.4, 0.5) is 0 Å². The van der Waals surface area contributed by atoms with Gasteiger partial charge in [-0.25, -0.2) is 0 Å². The molecule has 1 aliphatic carbocycles. The molecule has 21 heavy (non-hydrogen) atoms. The number of fused-ring (bicyclic) bond motifs is 1. The maximum atomic E-state index is 12.6. The van der Waals surface area contributed by atoms with Gasteiger partial charge in [0.15, 0.2) is 11.6 Å². The van der Waals surface area contributed by atoms with Crippen LogP contribution >= 0.6 is 0 Å². The van der Waals surface area contributed by atoms with Gasteiger partial charge >= 0.3 is 0 Å². The Balaban J connectivity index is 2.18. The van der Waals surface area contributed by atoms with E-state index in [4.69, 9.17) is 4.74 Å². The van der Waals surface area contributed by atoms with Crippen LogP contribution in [-0.2, 0) is 0 Å². The number of carbonyl (C=O) groups is 2. The smallest absolute Gasteiger partial charge is 0.198 e. The number of hydrogen-bond acceptors (Lipinski definition) is 4. The zero-order valence-corrected chi connectivity index (χ0v) is 11.3. The highest BCUT2D eigenvalue weighted by Gasteiger charge is 2.29. The summed E-state index contributed by atoms with van der Waals surface area (Å²) in [6, 6.07) is 11.7. The molecule has 104 valence electrons. The number of aromatic hydroxyl groups is 1. The molecule has 0 amide bonds. The maximum absolute atomic E-state index is 12.6. The van der Waals surface area contributed by atoms with E-state index in [1.165, 1.54) is 25.3 Å². The summed E-state index contributed by atoms with van der Waals surface area (Å²) in [6.45, 7) is 0. The number of phenols is 1. The van der Waals surface area contributed by atoms with Crippen molar-refractivity contribution < 1.29 is 19.4 Å². The average Bonchev–Trinajstić information content (AvgIpc) is 2.51. The number of methoxy groups -OCH3 is 1. The molecule has 3 rings (SSSR count). The fraction of sp³-hybridized carbons (Fsp3) is 0.0588. The van der Waals surface area contributed by atoms with Crippen LogP contribution in [0.15, 0.2) is 48.5 Å². The molecule has 4 nitrogen and oxygen atoms in total. The van der Waals surface area contributed by atoms with Crippen LogP contribution in [-0.4, -0.2) is 23.8 Å². The lowest BCUT2D eigenvalue weighted by Crippen LogP contribution is -2.16. The normalized spacial score (nSPS) is 13.7. The van der Waals surface area contributed by atoms with Crippen molar-refractivity contribution in [3.05, 3.63) is 65.2 Å². The van der Waals surface area contributed by atoms with Gasteiger partial charge in [0.1, 0.15) is 11.5 Å². The molecule has 2 aromatic carbocycles. The first-order valence-corrected chi connectivity index (χ1v) is 6.39. The second-order valence-electron chi connectivity index (χ2n) is 4.69. The van der Waals surface area contributed by atoms with Crippen LogP contribution in [0.5, 0.6) is 11.5 Å². The highest BCUT2D eigenvalue weighted by Crippen LogP contribution is 2.35. The predicted molar refractivity (Wildman–Crippen MR) is 77.7 cm³/mol. The number of rotatable bonds is 2. The Morgan fingerprint density at radius 1 is 1.05 bits per heavy atom. The van der Waals surface area contributed by atoms with E-state index in [9.17, 15) is 14.7 Å². The van der Waals surface area contributed by atoms with Crippen molar-refractivity contribution in [1.29, 1.82) is 0 Å². The zero-order chi connectivity index (χ0) is 15.0. The maximum Gasteiger partial charge on any atom is 0.198 e. The molecule has 0 aromatic heterocycles. The van der Waals surface area contributed by atoms with Crippen molar-refractivity contribution in [2.75, 3.05) is 7.11 Å². The van der Waals surface area contributed by atoms with Crippen molar-refractivity contribution in [1.82, 2.24) is 0 Å². The third kappa shape index (κ3) is 2.10. The molecule has 0 saturated heterocycles.